The van der Waals surface area contributed by atoms with Gasteiger partial charge in [0.2, 0.25) is 0 Å². The summed E-state index contributed by atoms with van der Waals surface area (Å²) in [5.74, 6) is 0.728. The lowest BCUT2D eigenvalue weighted by molar-refractivity contribution is -0.0580. The van der Waals surface area contributed by atoms with E-state index in [-0.39, 0.29) is 5.60 Å². The van der Waals surface area contributed by atoms with E-state index in [0.29, 0.717) is 6.04 Å². The van der Waals surface area contributed by atoms with E-state index in [9.17, 15) is 0 Å². The van der Waals surface area contributed by atoms with Crippen molar-refractivity contribution in [3.05, 3.63) is 16.1 Å². The van der Waals surface area contributed by atoms with Gasteiger partial charge in [-0.1, -0.05) is 20.3 Å². The summed E-state index contributed by atoms with van der Waals surface area (Å²) >= 11 is 1.82. The molecule has 0 radical (unpaired) electrons. The van der Waals surface area contributed by atoms with Crippen molar-refractivity contribution >= 4 is 11.3 Å². The molecule has 4 heteroatoms. The molecule has 1 heterocycles. The third-order valence-corrected chi connectivity index (χ3v) is 5.75. The van der Waals surface area contributed by atoms with Gasteiger partial charge in [0.1, 0.15) is 10.6 Å². The van der Waals surface area contributed by atoms with E-state index >= 15 is 0 Å². The molecule has 2 rings (SSSR count). The first kappa shape index (κ1) is 15.9. The van der Waals surface area contributed by atoms with E-state index < -0.39 is 0 Å². The Morgan fingerprint density at radius 1 is 1.60 bits per heavy atom. The number of methoxy groups -OCH3 is 1. The number of rotatable bonds is 6. The first-order valence-corrected chi connectivity index (χ1v) is 8.67. The molecule has 1 aromatic rings. The number of thiazole rings is 1. The van der Waals surface area contributed by atoms with Crippen molar-refractivity contribution in [2.75, 3.05) is 13.7 Å². The van der Waals surface area contributed by atoms with Crippen LogP contribution in [0.2, 0.25) is 0 Å². The summed E-state index contributed by atoms with van der Waals surface area (Å²) in [6, 6.07) is 0.385. The Kier molecular flexibility index (Phi) is 5.58. The Balaban J connectivity index is 2.13. The number of aromatic nitrogens is 1. The van der Waals surface area contributed by atoms with Crippen LogP contribution in [0.25, 0.3) is 0 Å². The van der Waals surface area contributed by atoms with Gasteiger partial charge in [-0.2, -0.15) is 0 Å². The number of nitrogens with zero attached hydrogens (tertiary/aromatic N) is 1. The van der Waals surface area contributed by atoms with Crippen molar-refractivity contribution in [2.24, 2.45) is 5.92 Å². The van der Waals surface area contributed by atoms with Crippen LogP contribution >= 0.6 is 11.3 Å². The molecular weight excluding hydrogens is 268 g/mol. The highest BCUT2D eigenvalue weighted by Crippen LogP contribution is 2.44. The first-order valence-electron chi connectivity index (χ1n) is 7.86. The van der Waals surface area contributed by atoms with Crippen LogP contribution in [0.5, 0.6) is 0 Å². The van der Waals surface area contributed by atoms with E-state index in [4.69, 9.17) is 9.72 Å². The fraction of sp³-hybridized carbons (Fsp3) is 0.812. The Bertz CT molecular complexity index is 420. The molecule has 114 valence electrons. The minimum atomic E-state index is -0.134. The van der Waals surface area contributed by atoms with Gasteiger partial charge >= 0.3 is 0 Å². The number of ether oxygens (including phenoxy) is 1. The summed E-state index contributed by atoms with van der Waals surface area (Å²) in [6.45, 7) is 7.80. The number of nitrogens with one attached hydrogen (secondary N) is 1. The average molecular weight is 296 g/mol. The van der Waals surface area contributed by atoms with E-state index in [1.165, 1.54) is 22.7 Å². The third-order valence-electron chi connectivity index (χ3n) is 4.39. The van der Waals surface area contributed by atoms with Crippen molar-refractivity contribution in [1.82, 2.24) is 10.3 Å². The first-order chi connectivity index (χ1) is 9.61. The highest BCUT2D eigenvalue weighted by molar-refractivity contribution is 7.11. The maximum atomic E-state index is 5.94. The summed E-state index contributed by atoms with van der Waals surface area (Å²) in [4.78, 5) is 6.02. The molecule has 1 aromatic heterocycles. The average Bonchev–Trinajstić information content (AvgIpc) is 2.95. The van der Waals surface area contributed by atoms with Gasteiger partial charge in [0.05, 0.1) is 0 Å². The van der Waals surface area contributed by atoms with Crippen LogP contribution in [0.15, 0.2) is 6.20 Å². The zero-order valence-electron chi connectivity index (χ0n) is 13.2. The third kappa shape index (κ3) is 3.41. The van der Waals surface area contributed by atoms with Gasteiger partial charge in [0, 0.05) is 24.2 Å². The van der Waals surface area contributed by atoms with Crippen LogP contribution in [-0.2, 0) is 10.3 Å². The molecular formula is C16H28N2OS. The van der Waals surface area contributed by atoms with Crippen molar-refractivity contribution in [1.29, 1.82) is 0 Å². The smallest absolute Gasteiger partial charge is 0.125 e. The van der Waals surface area contributed by atoms with Gasteiger partial charge in [-0.3, -0.25) is 0 Å². The van der Waals surface area contributed by atoms with E-state index in [1.807, 2.05) is 24.6 Å². The minimum absolute atomic E-state index is 0.134. The van der Waals surface area contributed by atoms with Gasteiger partial charge in [0.15, 0.2) is 0 Å². The molecule has 0 aliphatic heterocycles. The lowest BCUT2D eigenvalue weighted by atomic mass is 9.79. The molecule has 0 bridgehead atoms. The lowest BCUT2D eigenvalue weighted by Crippen LogP contribution is -2.34. The maximum Gasteiger partial charge on any atom is 0.125 e. The summed E-state index contributed by atoms with van der Waals surface area (Å²) in [7, 11) is 1.85. The monoisotopic (exact) mass is 296 g/mol. The molecule has 1 N–H and O–H groups in total. The second-order valence-corrected chi connectivity index (χ2v) is 7.21. The van der Waals surface area contributed by atoms with Crippen LogP contribution in [0.4, 0.5) is 0 Å². The molecule has 0 aromatic carbocycles. The highest BCUT2D eigenvalue weighted by Gasteiger charge is 2.39. The van der Waals surface area contributed by atoms with Gasteiger partial charge in [-0.05, 0) is 45.1 Å². The lowest BCUT2D eigenvalue weighted by Gasteiger charge is -2.37. The van der Waals surface area contributed by atoms with Crippen LogP contribution in [0, 0.1) is 5.92 Å². The Morgan fingerprint density at radius 2 is 2.40 bits per heavy atom. The summed E-state index contributed by atoms with van der Waals surface area (Å²) < 4.78 is 5.94. The van der Waals surface area contributed by atoms with Crippen molar-refractivity contribution in [3.8, 4) is 0 Å². The van der Waals surface area contributed by atoms with Crippen molar-refractivity contribution in [3.63, 3.8) is 0 Å². The SMILES string of the molecule is CCCNC(C)c1cnc(C2(OC)CCCC(C)C2)s1. The summed E-state index contributed by atoms with van der Waals surface area (Å²) in [5.41, 5.74) is -0.134. The van der Waals surface area contributed by atoms with Gasteiger partial charge < -0.3 is 10.1 Å². The molecule has 1 aliphatic rings. The second-order valence-electron chi connectivity index (χ2n) is 6.14. The fourth-order valence-corrected chi connectivity index (χ4v) is 4.28. The van der Waals surface area contributed by atoms with Gasteiger partial charge in [0.25, 0.3) is 0 Å². The number of hydrogen-bond donors (Lipinski definition) is 1. The Hall–Kier alpha value is -0.450. The molecule has 0 saturated heterocycles. The van der Waals surface area contributed by atoms with Crippen LogP contribution in [0.1, 0.15) is 68.8 Å². The zero-order valence-corrected chi connectivity index (χ0v) is 14.1. The normalized spacial score (nSPS) is 28.5. The molecule has 0 spiro atoms. The molecule has 0 amide bonds. The second kappa shape index (κ2) is 7.01. The predicted molar refractivity (Wildman–Crippen MR) is 85.1 cm³/mol. The Labute approximate surface area is 127 Å². The zero-order chi connectivity index (χ0) is 14.6. The standard InChI is InChI=1S/C16H28N2OS/c1-5-9-17-13(3)14-11-18-15(20-14)16(19-4)8-6-7-12(2)10-16/h11-13,17H,5-10H2,1-4H3. The van der Waals surface area contributed by atoms with Gasteiger partial charge in [-0.15, -0.1) is 11.3 Å². The van der Waals surface area contributed by atoms with Crippen LogP contribution in [-0.4, -0.2) is 18.6 Å². The van der Waals surface area contributed by atoms with Crippen molar-refractivity contribution < 1.29 is 4.74 Å². The molecule has 3 nitrogen and oxygen atoms in total. The van der Waals surface area contributed by atoms with E-state index in [0.717, 1.165) is 31.7 Å². The molecule has 1 saturated carbocycles. The molecule has 1 fully saturated rings. The van der Waals surface area contributed by atoms with E-state index in [2.05, 4.69) is 26.1 Å². The fourth-order valence-electron chi connectivity index (χ4n) is 3.13. The molecule has 20 heavy (non-hydrogen) atoms. The minimum Gasteiger partial charge on any atom is -0.371 e. The van der Waals surface area contributed by atoms with E-state index in [1.54, 1.807) is 0 Å². The molecule has 3 unspecified atom stereocenters. The number of hydrogen-bond acceptors (Lipinski definition) is 4. The molecule has 3 atom stereocenters. The van der Waals surface area contributed by atoms with Gasteiger partial charge in [-0.25, -0.2) is 4.98 Å². The highest BCUT2D eigenvalue weighted by atomic mass is 32.1. The maximum absolute atomic E-state index is 5.94. The topological polar surface area (TPSA) is 34.2 Å². The van der Waals surface area contributed by atoms with Crippen LogP contribution < -0.4 is 5.32 Å². The predicted octanol–water partition coefficient (Wildman–Crippen LogP) is 4.26. The summed E-state index contributed by atoms with van der Waals surface area (Å²) in [6.07, 6.45) is 7.97. The summed E-state index contributed by atoms with van der Waals surface area (Å²) in [5, 5.41) is 4.71. The molecule has 1 aliphatic carbocycles. The largest absolute Gasteiger partial charge is 0.371 e. The quantitative estimate of drug-likeness (QED) is 0.852. The Morgan fingerprint density at radius 3 is 3.05 bits per heavy atom. The van der Waals surface area contributed by atoms with Crippen molar-refractivity contribution in [2.45, 2.75) is 64.5 Å². The van der Waals surface area contributed by atoms with Crippen LogP contribution in [0.3, 0.4) is 0 Å².